The predicted molar refractivity (Wildman–Crippen MR) is 96.3 cm³/mol. The molecule has 0 unspecified atom stereocenters. The Labute approximate surface area is 144 Å². The lowest BCUT2D eigenvalue weighted by atomic mass is 10.0. The van der Waals surface area contributed by atoms with Gasteiger partial charge in [0.25, 0.3) is 5.91 Å². The van der Waals surface area contributed by atoms with Crippen molar-refractivity contribution in [3.63, 3.8) is 0 Å². The molecule has 1 aromatic carbocycles. The fraction of sp³-hybridized carbons (Fsp3) is 0.0526. The molecule has 0 saturated heterocycles. The molecule has 3 aromatic heterocycles. The number of benzene rings is 1. The molecular weight excluding hydrogens is 314 g/mol. The van der Waals surface area contributed by atoms with Crippen LogP contribution in [-0.4, -0.2) is 26.1 Å². The second-order valence-corrected chi connectivity index (χ2v) is 5.78. The number of aromatic nitrogens is 4. The summed E-state index contributed by atoms with van der Waals surface area (Å²) in [5, 5.41) is 10.7. The maximum atomic E-state index is 12.6. The summed E-state index contributed by atoms with van der Waals surface area (Å²) in [6, 6.07) is 11.6. The summed E-state index contributed by atoms with van der Waals surface area (Å²) in [4.78, 5) is 20.8. The number of fused-ring (bicyclic) bond motifs is 1. The van der Waals surface area contributed by atoms with Gasteiger partial charge in [-0.1, -0.05) is 12.1 Å². The van der Waals surface area contributed by atoms with Gasteiger partial charge in [-0.3, -0.25) is 19.9 Å². The van der Waals surface area contributed by atoms with E-state index in [1.165, 1.54) is 0 Å². The second kappa shape index (κ2) is 6.16. The molecule has 0 spiro atoms. The van der Waals surface area contributed by atoms with Gasteiger partial charge in [-0.15, -0.1) is 0 Å². The summed E-state index contributed by atoms with van der Waals surface area (Å²) in [5.74, 6) is -0.276. The number of rotatable bonds is 3. The van der Waals surface area contributed by atoms with E-state index >= 15 is 0 Å². The Bertz CT molecular complexity index is 1060. The highest BCUT2D eigenvalue weighted by Crippen LogP contribution is 2.25. The fourth-order valence-electron chi connectivity index (χ4n) is 2.71. The van der Waals surface area contributed by atoms with Crippen molar-refractivity contribution in [3.05, 3.63) is 72.4 Å². The number of anilines is 1. The summed E-state index contributed by atoms with van der Waals surface area (Å²) in [6.45, 7) is 1.92. The van der Waals surface area contributed by atoms with Crippen molar-refractivity contribution in [1.29, 1.82) is 0 Å². The Morgan fingerprint density at radius 1 is 1.04 bits per heavy atom. The zero-order valence-corrected chi connectivity index (χ0v) is 13.5. The molecule has 122 valence electrons. The smallest absolute Gasteiger partial charge is 0.276 e. The molecule has 0 radical (unpaired) electrons. The van der Waals surface area contributed by atoms with Crippen LogP contribution in [0.5, 0.6) is 0 Å². The molecule has 4 aromatic rings. The lowest BCUT2D eigenvalue weighted by molar-refractivity contribution is 0.102. The third kappa shape index (κ3) is 2.97. The van der Waals surface area contributed by atoms with Gasteiger partial charge in [0, 0.05) is 29.5 Å². The van der Waals surface area contributed by atoms with Crippen LogP contribution in [0.1, 0.15) is 16.1 Å². The SMILES string of the molecule is Cc1cncc(NC(=O)c2n[nH]c3ccc(-c4cccnc4)cc23)c1. The van der Waals surface area contributed by atoms with Crippen LogP contribution in [0, 0.1) is 6.92 Å². The topological polar surface area (TPSA) is 83.6 Å². The first kappa shape index (κ1) is 15.0. The van der Waals surface area contributed by atoms with Crippen LogP contribution in [0.15, 0.2) is 61.2 Å². The van der Waals surface area contributed by atoms with Gasteiger partial charge in [0.15, 0.2) is 5.69 Å². The van der Waals surface area contributed by atoms with Crippen molar-refractivity contribution in [3.8, 4) is 11.1 Å². The molecule has 0 aliphatic heterocycles. The van der Waals surface area contributed by atoms with Crippen LogP contribution in [0.25, 0.3) is 22.0 Å². The van der Waals surface area contributed by atoms with E-state index in [2.05, 4.69) is 25.5 Å². The third-order valence-electron chi connectivity index (χ3n) is 3.91. The van der Waals surface area contributed by atoms with E-state index in [0.29, 0.717) is 11.4 Å². The van der Waals surface area contributed by atoms with Crippen LogP contribution in [0.3, 0.4) is 0 Å². The average molecular weight is 329 g/mol. The molecule has 6 heteroatoms. The number of carbonyl (C=O) groups excluding carboxylic acids is 1. The normalized spacial score (nSPS) is 10.8. The second-order valence-electron chi connectivity index (χ2n) is 5.78. The maximum absolute atomic E-state index is 12.6. The standard InChI is InChI=1S/C19H15N5O/c1-12-7-15(11-21-9-12)22-19(25)18-16-8-13(4-5-17(16)23-24-18)14-3-2-6-20-10-14/h2-11H,1H3,(H,22,25)(H,23,24). The zero-order chi connectivity index (χ0) is 17.2. The zero-order valence-electron chi connectivity index (χ0n) is 13.5. The minimum absolute atomic E-state index is 0.276. The number of nitrogens with zero attached hydrogens (tertiary/aromatic N) is 3. The molecule has 3 heterocycles. The van der Waals surface area contributed by atoms with E-state index in [-0.39, 0.29) is 5.91 Å². The molecular formula is C19H15N5O. The van der Waals surface area contributed by atoms with Crippen LogP contribution in [0.2, 0.25) is 0 Å². The maximum Gasteiger partial charge on any atom is 0.276 e. The van der Waals surface area contributed by atoms with Gasteiger partial charge in [-0.25, -0.2) is 0 Å². The molecule has 0 bridgehead atoms. The van der Waals surface area contributed by atoms with Crippen LogP contribution >= 0.6 is 0 Å². The molecule has 0 aliphatic carbocycles. The van der Waals surface area contributed by atoms with E-state index in [4.69, 9.17) is 0 Å². The van der Waals surface area contributed by atoms with Gasteiger partial charge in [0.05, 0.1) is 17.4 Å². The fourth-order valence-corrected chi connectivity index (χ4v) is 2.71. The first-order valence-electron chi connectivity index (χ1n) is 7.82. The van der Waals surface area contributed by atoms with Crippen LogP contribution in [-0.2, 0) is 0 Å². The predicted octanol–water partition coefficient (Wildman–Crippen LogP) is 3.58. The van der Waals surface area contributed by atoms with E-state index < -0.39 is 0 Å². The number of hydrogen-bond acceptors (Lipinski definition) is 4. The summed E-state index contributed by atoms with van der Waals surface area (Å²) < 4.78 is 0. The number of aryl methyl sites for hydroxylation is 1. The summed E-state index contributed by atoms with van der Waals surface area (Å²) in [7, 11) is 0. The van der Waals surface area contributed by atoms with E-state index in [9.17, 15) is 4.79 Å². The number of hydrogen-bond donors (Lipinski definition) is 2. The van der Waals surface area contributed by atoms with Crippen molar-refractivity contribution in [2.24, 2.45) is 0 Å². The summed E-state index contributed by atoms with van der Waals surface area (Å²) in [6.07, 6.45) is 6.87. The van der Waals surface area contributed by atoms with Crippen molar-refractivity contribution in [1.82, 2.24) is 20.2 Å². The molecule has 0 aliphatic rings. The quantitative estimate of drug-likeness (QED) is 0.602. The largest absolute Gasteiger partial charge is 0.319 e. The summed E-state index contributed by atoms with van der Waals surface area (Å²) in [5.41, 5.74) is 4.74. The Balaban J connectivity index is 1.71. The first-order valence-corrected chi connectivity index (χ1v) is 7.82. The summed E-state index contributed by atoms with van der Waals surface area (Å²) >= 11 is 0. The number of nitrogens with one attached hydrogen (secondary N) is 2. The first-order chi connectivity index (χ1) is 12.2. The molecule has 25 heavy (non-hydrogen) atoms. The minimum Gasteiger partial charge on any atom is -0.319 e. The van der Waals surface area contributed by atoms with Gasteiger partial charge in [-0.05, 0) is 42.3 Å². The highest BCUT2D eigenvalue weighted by Gasteiger charge is 2.15. The highest BCUT2D eigenvalue weighted by molar-refractivity contribution is 6.11. The molecule has 4 rings (SSSR count). The van der Waals surface area contributed by atoms with Gasteiger partial charge in [0.2, 0.25) is 0 Å². The monoisotopic (exact) mass is 329 g/mol. The van der Waals surface area contributed by atoms with Crippen molar-refractivity contribution in [2.45, 2.75) is 6.92 Å². The average Bonchev–Trinajstić information content (AvgIpc) is 3.06. The van der Waals surface area contributed by atoms with E-state index in [1.807, 2.05) is 43.3 Å². The number of amides is 1. The van der Waals surface area contributed by atoms with Crippen molar-refractivity contribution < 1.29 is 4.79 Å². The van der Waals surface area contributed by atoms with Gasteiger partial charge >= 0.3 is 0 Å². The Hall–Kier alpha value is -3.54. The molecule has 0 atom stereocenters. The molecule has 6 nitrogen and oxygen atoms in total. The lowest BCUT2D eigenvalue weighted by Gasteiger charge is -2.05. The molecule has 0 fully saturated rings. The molecule has 1 amide bonds. The number of H-pyrrole nitrogens is 1. The van der Waals surface area contributed by atoms with Crippen molar-refractivity contribution in [2.75, 3.05) is 5.32 Å². The number of aromatic amines is 1. The number of pyridine rings is 2. The third-order valence-corrected chi connectivity index (χ3v) is 3.91. The van der Waals surface area contributed by atoms with E-state index in [0.717, 1.165) is 27.6 Å². The van der Waals surface area contributed by atoms with Crippen LogP contribution < -0.4 is 5.32 Å². The number of carbonyl (C=O) groups is 1. The molecule has 2 N–H and O–H groups in total. The Kier molecular flexibility index (Phi) is 3.70. The lowest BCUT2D eigenvalue weighted by Crippen LogP contribution is -2.13. The van der Waals surface area contributed by atoms with E-state index in [1.54, 1.807) is 24.8 Å². The van der Waals surface area contributed by atoms with Crippen LogP contribution in [0.4, 0.5) is 5.69 Å². The minimum atomic E-state index is -0.276. The Morgan fingerprint density at radius 2 is 1.96 bits per heavy atom. The van der Waals surface area contributed by atoms with Gasteiger partial charge in [-0.2, -0.15) is 5.10 Å². The Morgan fingerprint density at radius 3 is 2.76 bits per heavy atom. The van der Waals surface area contributed by atoms with Gasteiger partial charge < -0.3 is 5.32 Å². The molecule has 0 saturated carbocycles. The highest BCUT2D eigenvalue weighted by atomic mass is 16.1. The van der Waals surface area contributed by atoms with Gasteiger partial charge in [0.1, 0.15) is 0 Å². The van der Waals surface area contributed by atoms with Crippen molar-refractivity contribution >= 4 is 22.5 Å².